The fraction of sp³-hybridized carbons (Fsp3) is 0.103. The van der Waals surface area contributed by atoms with Crippen molar-refractivity contribution in [3.63, 3.8) is 0 Å². The number of ether oxygens (including phenoxy) is 4. The summed E-state index contributed by atoms with van der Waals surface area (Å²) in [5.74, 6) is -2.13. The van der Waals surface area contributed by atoms with Crippen LogP contribution in [-0.2, 0) is 32.3 Å². The molecule has 0 unspecified atom stereocenters. The average Bonchev–Trinajstić information content (AvgIpc) is 3.13. The summed E-state index contributed by atoms with van der Waals surface area (Å²) in [6, 6.07) is 27.6. The summed E-state index contributed by atoms with van der Waals surface area (Å²) in [5.41, 5.74) is 0.00402. The summed E-state index contributed by atoms with van der Waals surface area (Å²) in [6.07, 6.45) is 0. The van der Waals surface area contributed by atoms with E-state index in [1.165, 1.54) is 38.1 Å². The Labute approximate surface area is 313 Å². The fourth-order valence-corrected chi connectivity index (χ4v) is 5.16. The summed E-state index contributed by atoms with van der Waals surface area (Å²) < 4.78 is 31.4. The highest BCUT2D eigenvalue weighted by Gasteiger charge is 2.19. The number of carbonyl (C=O) groups excluding carboxylic acids is 4. The Morgan fingerprint density at radius 1 is 0.642 bits per heavy atom. The highest BCUT2D eigenvalue weighted by Crippen LogP contribution is 2.23. The van der Waals surface area contributed by atoms with Gasteiger partial charge in [-0.2, -0.15) is 5.26 Å². The maximum absolute atomic E-state index is 12.4. The zero-order valence-corrected chi connectivity index (χ0v) is 30.0. The molecule has 0 N–H and O–H groups in total. The summed E-state index contributed by atoms with van der Waals surface area (Å²) in [6.45, 7) is 2.76. The number of fused-ring (bicyclic) bond motifs is 2. The summed E-state index contributed by atoms with van der Waals surface area (Å²) in [4.78, 5) is 70.8. The van der Waals surface area contributed by atoms with Crippen molar-refractivity contribution in [3.05, 3.63) is 149 Å². The lowest BCUT2D eigenvalue weighted by Gasteiger charge is -2.07. The molecule has 0 saturated heterocycles. The van der Waals surface area contributed by atoms with Crippen molar-refractivity contribution in [2.24, 2.45) is 0 Å². The van der Waals surface area contributed by atoms with E-state index in [0.717, 1.165) is 3.57 Å². The summed E-state index contributed by atoms with van der Waals surface area (Å²) in [7, 11) is 0. The first-order chi connectivity index (χ1) is 25.4. The molecule has 0 bridgehead atoms. The molecule has 0 spiro atoms. The van der Waals surface area contributed by atoms with Gasteiger partial charge in [0.1, 0.15) is 53.1 Å². The molecule has 0 radical (unpaired) electrons. The zero-order chi connectivity index (χ0) is 38.1. The van der Waals surface area contributed by atoms with Crippen LogP contribution in [-0.4, -0.2) is 23.9 Å². The predicted molar refractivity (Wildman–Crippen MR) is 196 cm³/mol. The van der Waals surface area contributed by atoms with E-state index in [0.29, 0.717) is 33.2 Å². The first kappa shape index (κ1) is 37.7. The van der Waals surface area contributed by atoms with Crippen LogP contribution < -0.4 is 20.7 Å². The van der Waals surface area contributed by atoms with Crippen molar-refractivity contribution in [2.45, 2.75) is 27.1 Å². The summed E-state index contributed by atoms with van der Waals surface area (Å²) in [5, 5.41) is 10.1. The van der Waals surface area contributed by atoms with Crippen LogP contribution in [0.3, 0.4) is 0 Å². The lowest BCUT2D eigenvalue weighted by molar-refractivity contribution is -0.143. The number of nitriles is 1. The quantitative estimate of drug-likeness (QED) is 0.0689. The van der Waals surface area contributed by atoms with Gasteiger partial charge in [0.05, 0.1) is 9.13 Å². The van der Waals surface area contributed by atoms with Gasteiger partial charge < -0.3 is 27.8 Å². The van der Waals surface area contributed by atoms with E-state index in [2.05, 4.69) is 0 Å². The number of benzene rings is 4. The molecule has 4 aromatic carbocycles. The Kier molecular flexibility index (Phi) is 12.1. The Hall–Kier alpha value is -6.60. The van der Waals surface area contributed by atoms with Crippen molar-refractivity contribution in [2.75, 3.05) is 0 Å². The van der Waals surface area contributed by atoms with E-state index in [-0.39, 0.29) is 41.2 Å². The second kappa shape index (κ2) is 17.1. The Morgan fingerprint density at radius 3 is 1.57 bits per heavy atom. The van der Waals surface area contributed by atoms with Gasteiger partial charge in [-0.15, -0.1) is 0 Å². The van der Waals surface area contributed by atoms with E-state index in [1.807, 2.05) is 34.7 Å². The molecule has 0 aliphatic heterocycles. The van der Waals surface area contributed by atoms with Gasteiger partial charge in [-0.1, -0.05) is 36.4 Å². The van der Waals surface area contributed by atoms with E-state index in [4.69, 9.17) is 33.0 Å². The largest absolute Gasteiger partial charge is 0.461 e. The van der Waals surface area contributed by atoms with Crippen LogP contribution in [0.2, 0.25) is 0 Å². The fourth-order valence-electron chi connectivity index (χ4n) is 4.67. The molecular formula is C39H26INO12. The highest BCUT2D eigenvalue weighted by molar-refractivity contribution is 14.1. The third-order valence-electron chi connectivity index (χ3n) is 7.17. The van der Waals surface area contributed by atoms with Crippen molar-refractivity contribution >= 4 is 68.4 Å². The van der Waals surface area contributed by atoms with Crippen LogP contribution in [0.15, 0.2) is 115 Å². The lowest BCUT2D eigenvalue weighted by atomic mass is 10.1. The monoisotopic (exact) mass is 827 g/mol. The Bertz CT molecular complexity index is 2550. The van der Waals surface area contributed by atoms with Gasteiger partial charge in [0.25, 0.3) is 0 Å². The van der Waals surface area contributed by atoms with Gasteiger partial charge in [-0.25, -0.2) is 19.2 Å². The third kappa shape index (κ3) is 9.80. The third-order valence-corrected chi connectivity index (χ3v) is 8.06. The number of esters is 4. The Balaban J connectivity index is 0.000000204. The van der Waals surface area contributed by atoms with Crippen molar-refractivity contribution in [1.29, 1.82) is 5.26 Å². The minimum Gasteiger partial charge on any atom is -0.461 e. The summed E-state index contributed by atoms with van der Waals surface area (Å²) >= 11 is 2.03. The topological polar surface area (TPSA) is 189 Å². The van der Waals surface area contributed by atoms with Crippen LogP contribution in [0.4, 0.5) is 0 Å². The van der Waals surface area contributed by atoms with Crippen molar-refractivity contribution in [1.82, 2.24) is 0 Å². The molecule has 53 heavy (non-hydrogen) atoms. The van der Waals surface area contributed by atoms with Crippen LogP contribution in [0, 0.1) is 14.9 Å². The van der Waals surface area contributed by atoms with Gasteiger partial charge in [0.15, 0.2) is 0 Å². The number of rotatable bonds is 8. The zero-order valence-electron chi connectivity index (χ0n) is 27.9. The van der Waals surface area contributed by atoms with Gasteiger partial charge in [0.2, 0.25) is 0 Å². The van der Waals surface area contributed by atoms with Crippen molar-refractivity contribution < 1.29 is 47.0 Å². The first-order valence-electron chi connectivity index (χ1n) is 15.5. The molecule has 2 aromatic heterocycles. The van der Waals surface area contributed by atoms with Gasteiger partial charge in [0, 0.05) is 24.6 Å². The molecule has 0 aliphatic carbocycles. The number of nitrogens with zero attached hydrogens (tertiary/aromatic N) is 1. The molecule has 13 nitrogen and oxygen atoms in total. The molecule has 6 aromatic rings. The second-order valence-electron chi connectivity index (χ2n) is 11.0. The van der Waals surface area contributed by atoms with E-state index in [9.17, 15) is 28.8 Å². The van der Waals surface area contributed by atoms with E-state index >= 15 is 0 Å². The maximum atomic E-state index is 12.4. The van der Waals surface area contributed by atoms with Crippen molar-refractivity contribution in [3.8, 4) is 17.6 Å². The Morgan fingerprint density at radius 2 is 1.09 bits per heavy atom. The second-order valence-corrected chi connectivity index (χ2v) is 12.2. The van der Waals surface area contributed by atoms with Gasteiger partial charge >= 0.3 is 35.1 Å². The lowest BCUT2D eigenvalue weighted by Crippen LogP contribution is -2.19. The van der Waals surface area contributed by atoms with Gasteiger partial charge in [-0.3, -0.25) is 9.59 Å². The molecule has 0 saturated carbocycles. The molecule has 0 atom stereocenters. The minimum atomic E-state index is -0.932. The van der Waals surface area contributed by atoms with E-state index in [1.54, 1.807) is 66.7 Å². The van der Waals surface area contributed by atoms with Crippen LogP contribution in [0.5, 0.6) is 11.5 Å². The standard InChI is InChI=1S/C20H13NO6.C19H13IO6/c1-12(22)25-11-13-6-7-18-15(8-13)9-16(20(24)27-18)19(23)26-17-5-3-2-4-14(17)10-21;1-11(21)24-10-12-6-7-16-13(8-12)9-14(18(22)25-16)19(23)26-17-5-3-2-4-15(17)20/h2-9H,11H2,1H3;2-9H,10H2,1H3. The molecular weight excluding hydrogens is 801 g/mol. The number of para-hydroxylation sites is 2. The number of hydrogen-bond donors (Lipinski definition) is 0. The first-order valence-corrected chi connectivity index (χ1v) is 16.6. The SMILES string of the molecule is CC(=O)OCc1ccc2oc(=O)c(C(=O)Oc3ccccc3C#N)cc2c1.CC(=O)OCc1ccc2oc(=O)c(C(=O)Oc3ccccc3I)cc2c1. The molecule has 14 heteroatoms. The minimum absolute atomic E-state index is 0.0492. The number of hydrogen-bond acceptors (Lipinski definition) is 13. The number of halogens is 1. The highest BCUT2D eigenvalue weighted by atomic mass is 127. The average molecular weight is 828 g/mol. The smallest absolute Gasteiger partial charge is 0.351 e. The van der Waals surface area contributed by atoms with Crippen LogP contribution in [0.1, 0.15) is 51.3 Å². The van der Waals surface area contributed by atoms with Crippen LogP contribution in [0.25, 0.3) is 21.9 Å². The predicted octanol–water partition coefficient (Wildman–Crippen LogP) is 6.63. The molecule has 0 amide bonds. The molecule has 0 fully saturated rings. The number of carbonyl (C=O) groups is 4. The van der Waals surface area contributed by atoms with Crippen LogP contribution >= 0.6 is 22.6 Å². The molecule has 0 aliphatic rings. The molecule has 2 heterocycles. The molecule has 266 valence electrons. The normalized spacial score (nSPS) is 10.4. The maximum Gasteiger partial charge on any atom is 0.351 e. The molecule has 6 rings (SSSR count). The van der Waals surface area contributed by atoms with E-state index < -0.39 is 35.1 Å². The van der Waals surface area contributed by atoms with Gasteiger partial charge in [-0.05, 0) is 94.4 Å².